The first-order valence-electron chi connectivity index (χ1n) is 4.89. The van der Waals surface area contributed by atoms with Gasteiger partial charge in [0.25, 0.3) is 5.91 Å². The van der Waals surface area contributed by atoms with Gasteiger partial charge >= 0.3 is 0 Å². The Labute approximate surface area is 86.9 Å². The zero-order chi connectivity index (χ0) is 10.7. The lowest BCUT2D eigenvalue weighted by molar-refractivity contribution is 0.0935. The summed E-state index contributed by atoms with van der Waals surface area (Å²) in [6.45, 7) is 1.70. The minimum atomic E-state index is -0.436. The lowest BCUT2D eigenvalue weighted by Gasteiger charge is -2.10. The van der Waals surface area contributed by atoms with Crippen LogP contribution >= 0.6 is 0 Å². The first kappa shape index (κ1) is 10.0. The van der Waals surface area contributed by atoms with Gasteiger partial charge in [0.1, 0.15) is 11.5 Å². The monoisotopic (exact) mass is 209 g/mol. The first-order valence-corrected chi connectivity index (χ1v) is 4.89. The summed E-state index contributed by atoms with van der Waals surface area (Å²) in [5.41, 5.74) is 0.253. The van der Waals surface area contributed by atoms with E-state index in [0.29, 0.717) is 0 Å². The van der Waals surface area contributed by atoms with Crippen LogP contribution in [-0.4, -0.2) is 30.0 Å². The largest absolute Gasteiger partial charge is 0.347 e. The van der Waals surface area contributed by atoms with Crippen LogP contribution in [0.25, 0.3) is 0 Å². The Bertz CT molecular complexity index is 346. The predicted molar refractivity (Wildman–Crippen MR) is 52.9 cm³/mol. The van der Waals surface area contributed by atoms with Gasteiger partial charge in [0, 0.05) is 12.6 Å². The molecule has 0 aliphatic carbocycles. The molecule has 1 fully saturated rings. The molecule has 0 bridgehead atoms. The van der Waals surface area contributed by atoms with E-state index in [-0.39, 0.29) is 17.6 Å². The van der Waals surface area contributed by atoms with Crippen LogP contribution in [0.4, 0.5) is 4.39 Å². The molecule has 0 spiro atoms. The standard InChI is InChI=1S/C10H12FN3O/c11-7-1-2-9(13-5-7)10(15)14-8-3-4-12-6-8/h1-2,5,8,12H,3-4,6H2,(H,14,15)/t8-/m0/s1. The summed E-state index contributed by atoms with van der Waals surface area (Å²) in [4.78, 5) is 15.3. The van der Waals surface area contributed by atoms with Gasteiger partial charge in [-0.25, -0.2) is 9.37 Å². The van der Waals surface area contributed by atoms with Gasteiger partial charge in [0.15, 0.2) is 0 Å². The van der Waals surface area contributed by atoms with Crippen molar-refractivity contribution in [2.45, 2.75) is 12.5 Å². The van der Waals surface area contributed by atoms with Crippen LogP contribution in [-0.2, 0) is 0 Å². The molecule has 15 heavy (non-hydrogen) atoms. The summed E-state index contributed by atoms with van der Waals surface area (Å²) in [6.07, 6.45) is 1.97. The second-order valence-corrected chi connectivity index (χ2v) is 3.52. The van der Waals surface area contributed by atoms with Crippen LogP contribution in [0.15, 0.2) is 18.3 Å². The van der Waals surface area contributed by atoms with Crippen molar-refractivity contribution in [2.75, 3.05) is 13.1 Å². The Balaban J connectivity index is 1.98. The fourth-order valence-corrected chi connectivity index (χ4v) is 1.55. The number of amides is 1. The van der Waals surface area contributed by atoms with E-state index in [1.54, 1.807) is 0 Å². The summed E-state index contributed by atoms with van der Waals surface area (Å²) in [5.74, 6) is -0.683. The zero-order valence-electron chi connectivity index (χ0n) is 8.16. The minimum Gasteiger partial charge on any atom is -0.347 e. The summed E-state index contributed by atoms with van der Waals surface area (Å²) in [6, 6.07) is 2.77. The number of carbonyl (C=O) groups excluding carboxylic acids is 1. The molecule has 0 saturated carbocycles. The van der Waals surface area contributed by atoms with E-state index >= 15 is 0 Å². The predicted octanol–water partition coefficient (Wildman–Crippen LogP) is 0.312. The topological polar surface area (TPSA) is 54.0 Å². The second kappa shape index (κ2) is 4.35. The number of hydrogen-bond acceptors (Lipinski definition) is 3. The fourth-order valence-electron chi connectivity index (χ4n) is 1.55. The third-order valence-corrected chi connectivity index (χ3v) is 2.36. The van der Waals surface area contributed by atoms with Crippen molar-refractivity contribution in [3.05, 3.63) is 29.8 Å². The molecule has 5 heteroatoms. The van der Waals surface area contributed by atoms with E-state index in [9.17, 15) is 9.18 Å². The summed E-state index contributed by atoms with van der Waals surface area (Å²) in [7, 11) is 0. The van der Waals surface area contributed by atoms with Gasteiger partial charge in [0.2, 0.25) is 0 Å². The Morgan fingerprint density at radius 3 is 3.07 bits per heavy atom. The lowest BCUT2D eigenvalue weighted by Crippen LogP contribution is -2.36. The smallest absolute Gasteiger partial charge is 0.270 e. The Kier molecular flexibility index (Phi) is 2.91. The summed E-state index contributed by atoms with van der Waals surface area (Å²) >= 11 is 0. The van der Waals surface area contributed by atoms with Gasteiger partial charge in [0.05, 0.1) is 6.20 Å². The van der Waals surface area contributed by atoms with E-state index in [1.165, 1.54) is 12.1 Å². The van der Waals surface area contributed by atoms with E-state index in [0.717, 1.165) is 25.7 Å². The molecule has 1 aliphatic rings. The Morgan fingerprint density at radius 2 is 2.47 bits per heavy atom. The van der Waals surface area contributed by atoms with Crippen LogP contribution in [0.5, 0.6) is 0 Å². The molecular formula is C10H12FN3O. The van der Waals surface area contributed by atoms with Crippen molar-refractivity contribution in [1.29, 1.82) is 0 Å². The summed E-state index contributed by atoms with van der Waals surface area (Å²) in [5, 5.41) is 5.97. The fraction of sp³-hybridized carbons (Fsp3) is 0.400. The number of nitrogens with one attached hydrogen (secondary N) is 2. The molecular weight excluding hydrogens is 197 g/mol. The van der Waals surface area contributed by atoms with Crippen molar-refractivity contribution in [3.8, 4) is 0 Å². The highest BCUT2D eigenvalue weighted by molar-refractivity contribution is 5.92. The van der Waals surface area contributed by atoms with Gasteiger partial charge in [-0.05, 0) is 25.1 Å². The summed E-state index contributed by atoms with van der Waals surface area (Å²) < 4.78 is 12.6. The normalized spacial score (nSPS) is 20.2. The minimum absolute atomic E-state index is 0.157. The SMILES string of the molecule is O=C(N[C@H]1CCNC1)c1ccc(F)cn1. The average molecular weight is 209 g/mol. The molecule has 4 nitrogen and oxygen atoms in total. The maximum atomic E-state index is 12.6. The van der Waals surface area contributed by atoms with Crippen molar-refractivity contribution < 1.29 is 9.18 Å². The van der Waals surface area contributed by atoms with Crippen molar-refractivity contribution in [2.24, 2.45) is 0 Å². The highest BCUT2D eigenvalue weighted by Crippen LogP contribution is 2.01. The number of nitrogens with zero attached hydrogens (tertiary/aromatic N) is 1. The molecule has 2 N–H and O–H groups in total. The van der Waals surface area contributed by atoms with Crippen LogP contribution in [0.3, 0.4) is 0 Å². The molecule has 1 aromatic rings. The second-order valence-electron chi connectivity index (χ2n) is 3.52. The van der Waals surface area contributed by atoms with Crippen molar-refractivity contribution >= 4 is 5.91 Å². The molecule has 1 saturated heterocycles. The zero-order valence-corrected chi connectivity index (χ0v) is 8.16. The van der Waals surface area contributed by atoms with E-state index in [4.69, 9.17) is 0 Å². The average Bonchev–Trinajstić information content (AvgIpc) is 2.71. The molecule has 1 amide bonds. The molecule has 1 aromatic heterocycles. The molecule has 0 radical (unpaired) electrons. The highest BCUT2D eigenvalue weighted by Gasteiger charge is 2.17. The van der Waals surface area contributed by atoms with Crippen LogP contribution in [0.2, 0.25) is 0 Å². The molecule has 2 heterocycles. The number of halogens is 1. The van der Waals surface area contributed by atoms with Gasteiger partial charge in [-0.15, -0.1) is 0 Å². The third-order valence-electron chi connectivity index (χ3n) is 2.36. The van der Waals surface area contributed by atoms with Crippen LogP contribution < -0.4 is 10.6 Å². The van der Waals surface area contributed by atoms with Crippen LogP contribution in [0.1, 0.15) is 16.9 Å². The first-order chi connectivity index (χ1) is 7.25. The van der Waals surface area contributed by atoms with Gasteiger partial charge in [-0.2, -0.15) is 0 Å². The molecule has 0 unspecified atom stereocenters. The lowest BCUT2D eigenvalue weighted by atomic mass is 10.2. The van der Waals surface area contributed by atoms with Crippen molar-refractivity contribution in [1.82, 2.24) is 15.6 Å². The molecule has 1 atom stereocenters. The van der Waals surface area contributed by atoms with E-state index < -0.39 is 5.82 Å². The molecule has 1 aliphatic heterocycles. The molecule has 0 aromatic carbocycles. The van der Waals surface area contributed by atoms with Gasteiger partial charge in [-0.1, -0.05) is 0 Å². The van der Waals surface area contributed by atoms with Crippen LogP contribution in [0, 0.1) is 5.82 Å². The Hall–Kier alpha value is -1.49. The maximum absolute atomic E-state index is 12.6. The van der Waals surface area contributed by atoms with E-state index in [2.05, 4.69) is 15.6 Å². The number of aromatic nitrogens is 1. The Morgan fingerprint density at radius 1 is 1.60 bits per heavy atom. The third kappa shape index (κ3) is 2.50. The number of carbonyl (C=O) groups is 1. The quantitative estimate of drug-likeness (QED) is 0.737. The van der Waals surface area contributed by atoms with Gasteiger partial charge < -0.3 is 10.6 Å². The molecule has 80 valence electrons. The highest BCUT2D eigenvalue weighted by atomic mass is 19.1. The van der Waals surface area contributed by atoms with Crippen molar-refractivity contribution in [3.63, 3.8) is 0 Å². The number of rotatable bonds is 2. The van der Waals surface area contributed by atoms with E-state index in [1.807, 2.05) is 0 Å². The maximum Gasteiger partial charge on any atom is 0.270 e. The number of pyridine rings is 1. The number of hydrogen-bond donors (Lipinski definition) is 2. The molecule has 2 rings (SSSR count). The van der Waals surface area contributed by atoms with Gasteiger partial charge in [-0.3, -0.25) is 4.79 Å².